The predicted molar refractivity (Wildman–Crippen MR) is 73.7 cm³/mol. The van der Waals surface area contributed by atoms with Gasteiger partial charge >= 0.3 is 0 Å². The number of hydrogen-bond donors (Lipinski definition) is 1. The molecule has 2 aliphatic rings. The largest absolute Gasteiger partial charge is 0.334 e. The Morgan fingerprint density at radius 2 is 2.00 bits per heavy atom. The molecule has 1 aromatic rings. The van der Waals surface area contributed by atoms with Crippen LogP contribution < -0.4 is 5.32 Å². The van der Waals surface area contributed by atoms with E-state index in [4.69, 9.17) is 0 Å². The highest BCUT2D eigenvalue weighted by atomic mass is 15.1. The molecule has 2 aliphatic carbocycles. The summed E-state index contributed by atoms with van der Waals surface area (Å²) in [6.07, 6.45) is 14.0. The molecule has 1 heterocycles. The molecule has 0 unspecified atom stereocenters. The summed E-state index contributed by atoms with van der Waals surface area (Å²) >= 11 is 0. The van der Waals surface area contributed by atoms with Gasteiger partial charge in [-0.15, -0.1) is 0 Å². The van der Waals surface area contributed by atoms with E-state index < -0.39 is 0 Å². The predicted octanol–water partition coefficient (Wildman–Crippen LogP) is 2.68. The molecule has 1 N–H and O–H groups in total. The topological polar surface area (TPSA) is 29.9 Å². The molecular weight excluding hydrogens is 222 g/mol. The molecule has 1 saturated carbocycles. The Morgan fingerprint density at radius 3 is 2.89 bits per heavy atom. The standard InChI is InChI=1S/C15H25N3/c1-2-7-13(6-1)16-10-5-11-18-12-17-14-8-3-4-9-15(14)18/h12-13,16H,1-11H2. The minimum atomic E-state index is 0.807. The number of aryl methyl sites for hydroxylation is 2. The van der Waals surface area contributed by atoms with Crippen LogP contribution in [0.2, 0.25) is 0 Å². The van der Waals surface area contributed by atoms with E-state index in [2.05, 4.69) is 21.2 Å². The Balaban J connectivity index is 1.43. The van der Waals surface area contributed by atoms with Crippen LogP contribution in [0.1, 0.15) is 56.3 Å². The minimum Gasteiger partial charge on any atom is -0.334 e. The molecule has 0 aliphatic heterocycles. The van der Waals surface area contributed by atoms with Crippen molar-refractivity contribution in [1.29, 1.82) is 0 Å². The van der Waals surface area contributed by atoms with Crippen LogP contribution >= 0.6 is 0 Å². The van der Waals surface area contributed by atoms with Crippen molar-refractivity contribution >= 4 is 0 Å². The van der Waals surface area contributed by atoms with Crippen LogP contribution in [0.15, 0.2) is 6.33 Å². The molecule has 1 aromatic heterocycles. The fraction of sp³-hybridized carbons (Fsp3) is 0.800. The summed E-state index contributed by atoms with van der Waals surface area (Å²) in [4.78, 5) is 4.56. The van der Waals surface area contributed by atoms with Crippen molar-refractivity contribution in [3.8, 4) is 0 Å². The van der Waals surface area contributed by atoms with Crippen LogP contribution in [0, 0.1) is 0 Å². The lowest BCUT2D eigenvalue weighted by Crippen LogP contribution is -2.27. The zero-order chi connectivity index (χ0) is 12.2. The van der Waals surface area contributed by atoms with Gasteiger partial charge in [-0.05, 0) is 51.5 Å². The van der Waals surface area contributed by atoms with E-state index in [1.807, 2.05) is 0 Å². The maximum atomic E-state index is 4.56. The second-order valence-corrected chi connectivity index (χ2v) is 5.83. The first-order chi connectivity index (χ1) is 8.93. The number of nitrogens with one attached hydrogen (secondary N) is 1. The summed E-state index contributed by atoms with van der Waals surface area (Å²) in [6.45, 7) is 2.31. The summed E-state index contributed by atoms with van der Waals surface area (Å²) in [5.74, 6) is 0. The van der Waals surface area contributed by atoms with Crippen LogP contribution in [-0.2, 0) is 19.4 Å². The van der Waals surface area contributed by atoms with Crippen molar-refractivity contribution in [2.45, 2.75) is 70.4 Å². The van der Waals surface area contributed by atoms with Gasteiger partial charge in [0.25, 0.3) is 0 Å². The summed E-state index contributed by atoms with van der Waals surface area (Å²) in [5, 5.41) is 3.69. The van der Waals surface area contributed by atoms with Gasteiger partial charge in [0.15, 0.2) is 0 Å². The van der Waals surface area contributed by atoms with Gasteiger partial charge in [-0.3, -0.25) is 0 Å². The lowest BCUT2D eigenvalue weighted by Gasteiger charge is -2.15. The average molecular weight is 247 g/mol. The first kappa shape index (κ1) is 12.2. The van der Waals surface area contributed by atoms with Crippen LogP contribution in [-0.4, -0.2) is 22.1 Å². The molecule has 3 rings (SSSR count). The zero-order valence-electron chi connectivity index (χ0n) is 11.3. The molecule has 0 bridgehead atoms. The third kappa shape index (κ3) is 2.77. The Labute approximate surface area is 110 Å². The molecular formula is C15H25N3. The third-order valence-electron chi connectivity index (χ3n) is 4.47. The Morgan fingerprint density at radius 1 is 1.17 bits per heavy atom. The zero-order valence-corrected chi connectivity index (χ0v) is 11.3. The van der Waals surface area contributed by atoms with Gasteiger partial charge in [-0.1, -0.05) is 12.8 Å². The summed E-state index contributed by atoms with van der Waals surface area (Å²) in [5.41, 5.74) is 2.88. The second-order valence-electron chi connectivity index (χ2n) is 5.83. The van der Waals surface area contributed by atoms with Crippen LogP contribution in [0.3, 0.4) is 0 Å². The SMILES string of the molecule is c1nc2c(n1CCCNC1CCCC1)CCCC2. The lowest BCUT2D eigenvalue weighted by molar-refractivity contribution is 0.489. The molecule has 3 heteroatoms. The summed E-state index contributed by atoms with van der Waals surface area (Å²) in [7, 11) is 0. The maximum absolute atomic E-state index is 4.56. The van der Waals surface area contributed by atoms with Crippen molar-refractivity contribution in [3.63, 3.8) is 0 Å². The van der Waals surface area contributed by atoms with Gasteiger partial charge in [0.2, 0.25) is 0 Å². The van der Waals surface area contributed by atoms with E-state index in [-0.39, 0.29) is 0 Å². The monoisotopic (exact) mass is 247 g/mol. The van der Waals surface area contributed by atoms with Crippen LogP contribution in [0.5, 0.6) is 0 Å². The van der Waals surface area contributed by atoms with Gasteiger partial charge in [0.1, 0.15) is 0 Å². The van der Waals surface area contributed by atoms with Gasteiger partial charge in [0, 0.05) is 18.3 Å². The number of imidazole rings is 1. The van der Waals surface area contributed by atoms with E-state index in [9.17, 15) is 0 Å². The van der Waals surface area contributed by atoms with Gasteiger partial charge < -0.3 is 9.88 Å². The Kier molecular flexibility index (Phi) is 3.99. The van der Waals surface area contributed by atoms with Crippen molar-refractivity contribution in [1.82, 2.24) is 14.9 Å². The van der Waals surface area contributed by atoms with E-state index in [0.717, 1.165) is 19.1 Å². The molecule has 100 valence electrons. The van der Waals surface area contributed by atoms with Crippen molar-refractivity contribution in [2.75, 3.05) is 6.54 Å². The highest BCUT2D eigenvalue weighted by Gasteiger charge is 2.15. The molecule has 1 fully saturated rings. The minimum absolute atomic E-state index is 0.807. The highest BCUT2D eigenvalue weighted by Crippen LogP contribution is 2.20. The molecule has 18 heavy (non-hydrogen) atoms. The summed E-state index contributed by atoms with van der Waals surface area (Å²) in [6, 6.07) is 0.807. The Hall–Kier alpha value is -0.830. The van der Waals surface area contributed by atoms with E-state index in [1.165, 1.54) is 69.2 Å². The van der Waals surface area contributed by atoms with Gasteiger partial charge in [-0.25, -0.2) is 4.98 Å². The molecule has 0 radical (unpaired) electrons. The first-order valence-electron chi connectivity index (χ1n) is 7.70. The van der Waals surface area contributed by atoms with Gasteiger partial charge in [-0.2, -0.15) is 0 Å². The fourth-order valence-electron chi connectivity index (χ4n) is 3.41. The molecule has 0 saturated heterocycles. The normalized spacial score (nSPS) is 20.2. The maximum Gasteiger partial charge on any atom is 0.0951 e. The molecule has 0 amide bonds. The van der Waals surface area contributed by atoms with Crippen molar-refractivity contribution in [3.05, 3.63) is 17.7 Å². The number of rotatable bonds is 5. The smallest absolute Gasteiger partial charge is 0.0951 e. The van der Waals surface area contributed by atoms with E-state index in [1.54, 1.807) is 0 Å². The van der Waals surface area contributed by atoms with Gasteiger partial charge in [0.05, 0.1) is 12.0 Å². The average Bonchev–Trinajstić information content (AvgIpc) is 3.04. The molecule has 3 nitrogen and oxygen atoms in total. The summed E-state index contributed by atoms with van der Waals surface area (Å²) < 4.78 is 2.39. The van der Waals surface area contributed by atoms with E-state index >= 15 is 0 Å². The number of hydrogen-bond acceptors (Lipinski definition) is 2. The molecule has 0 aromatic carbocycles. The Bertz CT molecular complexity index is 377. The first-order valence-corrected chi connectivity index (χ1v) is 7.70. The second kappa shape index (κ2) is 5.87. The number of fused-ring (bicyclic) bond motifs is 1. The third-order valence-corrected chi connectivity index (χ3v) is 4.47. The number of nitrogens with zero attached hydrogens (tertiary/aromatic N) is 2. The molecule has 0 spiro atoms. The lowest BCUT2D eigenvalue weighted by atomic mass is 10.0. The molecule has 0 atom stereocenters. The highest BCUT2D eigenvalue weighted by molar-refractivity contribution is 5.16. The fourth-order valence-corrected chi connectivity index (χ4v) is 3.41. The van der Waals surface area contributed by atoms with Crippen LogP contribution in [0.25, 0.3) is 0 Å². The van der Waals surface area contributed by atoms with Crippen LogP contribution in [0.4, 0.5) is 0 Å². The van der Waals surface area contributed by atoms with Crippen molar-refractivity contribution < 1.29 is 0 Å². The quantitative estimate of drug-likeness (QED) is 0.811. The van der Waals surface area contributed by atoms with E-state index in [0.29, 0.717) is 0 Å². The van der Waals surface area contributed by atoms with Crippen molar-refractivity contribution in [2.24, 2.45) is 0 Å². The number of aromatic nitrogens is 2.